The molecule has 3 heteroatoms. The highest BCUT2D eigenvalue weighted by Gasteiger charge is 2.38. The molecule has 1 aromatic rings. The van der Waals surface area contributed by atoms with Crippen LogP contribution in [0.1, 0.15) is 103 Å². The van der Waals surface area contributed by atoms with E-state index in [-0.39, 0.29) is 22.3 Å². The van der Waals surface area contributed by atoms with Crippen LogP contribution in [0.2, 0.25) is 13.1 Å². The second-order valence-electron chi connectivity index (χ2n) is 11.0. The number of hydrogen-bond donors (Lipinski definition) is 0. The highest BCUT2D eigenvalue weighted by atomic mass is 28.3. The maximum absolute atomic E-state index is 9.93. The molecule has 27 heavy (non-hydrogen) atoms. The van der Waals surface area contributed by atoms with Crippen molar-refractivity contribution in [3.63, 3.8) is 0 Å². The van der Waals surface area contributed by atoms with E-state index in [9.17, 15) is 5.26 Å². The van der Waals surface area contributed by atoms with Crippen LogP contribution in [0, 0.1) is 16.7 Å². The van der Waals surface area contributed by atoms with Crippen molar-refractivity contribution in [2.75, 3.05) is 0 Å². The van der Waals surface area contributed by atoms with Gasteiger partial charge in [0.15, 0.2) is 0 Å². The van der Waals surface area contributed by atoms with Crippen molar-refractivity contribution in [1.29, 1.82) is 5.26 Å². The van der Waals surface area contributed by atoms with Gasteiger partial charge in [-0.1, -0.05) is 54.5 Å². The van der Waals surface area contributed by atoms with Crippen LogP contribution in [0.3, 0.4) is 0 Å². The van der Waals surface area contributed by atoms with Gasteiger partial charge in [-0.15, -0.1) is 0 Å². The summed E-state index contributed by atoms with van der Waals surface area (Å²) in [6, 6.07) is 7.00. The number of nitrogens with zero attached hydrogens (tertiary/aromatic N) is 1. The summed E-state index contributed by atoms with van der Waals surface area (Å²) in [6.07, 6.45) is 4.43. The average Bonchev–Trinajstić information content (AvgIpc) is 2.53. The lowest BCUT2D eigenvalue weighted by Gasteiger charge is -2.42. The van der Waals surface area contributed by atoms with Crippen LogP contribution < -0.4 is 0 Å². The molecule has 0 heterocycles. The molecule has 1 aromatic carbocycles. The Labute approximate surface area is 169 Å². The van der Waals surface area contributed by atoms with E-state index in [1.165, 1.54) is 17.5 Å². The van der Waals surface area contributed by atoms with E-state index in [4.69, 9.17) is 4.43 Å². The Morgan fingerprint density at radius 1 is 1.07 bits per heavy atom. The topological polar surface area (TPSA) is 33.0 Å². The molecule has 1 atom stereocenters. The van der Waals surface area contributed by atoms with Gasteiger partial charge in [0.05, 0.1) is 17.7 Å². The number of benzene rings is 1. The highest BCUT2D eigenvalue weighted by Crippen LogP contribution is 2.47. The summed E-state index contributed by atoms with van der Waals surface area (Å²) in [5.41, 5.74) is 5.22. The van der Waals surface area contributed by atoms with Gasteiger partial charge in [-0.05, 0) is 77.8 Å². The molecule has 2 nitrogen and oxygen atoms in total. The largest absolute Gasteiger partial charge is 0.410 e. The lowest BCUT2D eigenvalue weighted by Crippen LogP contribution is -2.34. The van der Waals surface area contributed by atoms with Crippen LogP contribution in [0.15, 0.2) is 12.1 Å². The third-order valence-corrected chi connectivity index (χ3v) is 6.78. The zero-order valence-corrected chi connectivity index (χ0v) is 19.9. The first-order valence-corrected chi connectivity index (χ1v) is 12.7. The van der Waals surface area contributed by atoms with Crippen LogP contribution in [-0.2, 0) is 15.3 Å². The van der Waals surface area contributed by atoms with E-state index in [0.29, 0.717) is 0 Å². The second-order valence-corrected chi connectivity index (χ2v) is 13.0. The van der Waals surface area contributed by atoms with Crippen molar-refractivity contribution in [3.05, 3.63) is 34.4 Å². The van der Waals surface area contributed by atoms with E-state index < -0.39 is 9.04 Å². The van der Waals surface area contributed by atoms with Crippen molar-refractivity contribution in [1.82, 2.24) is 0 Å². The smallest absolute Gasteiger partial charge is 0.205 e. The number of rotatable bonds is 5. The fraction of sp³-hybridized carbons (Fsp3) is 0.708. The molecule has 1 radical (unpaired) electrons. The van der Waals surface area contributed by atoms with Crippen molar-refractivity contribution in [3.8, 4) is 6.07 Å². The number of nitriles is 1. The van der Waals surface area contributed by atoms with Crippen LogP contribution in [0.25, 0.3) is 0 Å². The molecule has 0 saturated heterocycles. The Morgan fingerprint density at radius 3 is 2.04 bits per heavy atom. The molecule has 0 saturated carbocycles. The predicted octanol–water partition coefficient (Wildman–Crippen LogP) is 7.04. The van der Waals surface area contributed by atoms with E-state index in [1.54, 1.807) is 0 Å². The first-order valence-electron chi connectivity index (χ1n) is 10.3. The van der Waals surface area contributed by atoms with Crippen molar-refractivity contribution in [2.24, 2.45) is 5.41 Å². The summed E-state index contributed by atoms with van der Waals surface area (Å²) in [5.74, 6) is 0. The van der Waals surface area contributed by atoms with Gasteiger partial charge in [0.1, 0.15) is 0 Å². The summed E-state index contributed by atoms with van der Waals surface area (Å²) in [5, 5.41) is 9.93. The summed E-state index contributed by atoms with van der Waals surface area (Å²) < 4.78 is 6.44. The van der Waals surface area contributed by atoms with Gasteiger partial charge in [-0.25, -0.2) is 0 Å². The monoisotopic (exact) mass is 384 g/mol. The van der Waals surface area contributed by atoms with Gasteiger partial charge in [0, 0.05) is 0 Å². The molecule has 1 unspecified atom stereocenters. The van der Waals surface area contributed by atoms with Gasteiger partial charge in [0.25, 0.3) is 0 Å². The Balaban J connectivity index is 2.58. The molecule has 0 N–H and O–H groups in total. The summed E-state index contributed by atoms with van der Waals surface area (Å²) in [4.78, 5) is 0. The third kappa shape index (κ3) is 5.24. The number of hydrogen-bond acceptors (Lipinski definition) is 2. The quantitative estimate of drug-likeness (QED) is 0.510. The summed E-state index contributed by atoms with van der Waals surface area (Å²) in [7, 11) is -0.853. The Hall–Kier alpha value is -1.11. The normalized spacial score (nSPS) is 19.4. The van der Waals surface area contributed by atoms with Gasteiger partial charge >= 0.3 is 0 Å². The van der Waals surface area contributed by atoms with Gasteiger partial charge in [-0.3, -0.25) is 0 Å². The molecule has 1 aliphatic rings. The standard InChI is InChI=1S/C24H38NOSi/c1-22(2,3)11-10-21(26-27(8)9)18-15-20-19(14-17(18)16-25)23(4,5)12-13-24(20,6)7/h14-15,21H,10-13H2,1-9H3. The molecule has 1 aliphatic carbocycles. The van der Waals surface area contributed by atoms with Gasteiger partial charge in [0.2, 0.25) is 9.04 Å². The van der Waals surface area contributed by atoms with E-state index in [2.05, 4.69) is 79.8 Å². The van der Waals surface area contributed by atoms with Crippen molar-refractivity contribution in [2.45, 2.75) is 104 Å². The lowest BCUT2D eigenvalue weighted by molar-refractivity contribution is 0.173. The van der Waals surface area contributed by atoms with Crippen LogP contribution >= 0.6 is 0 Å². The van der Waals surface area contributed by atoms with Crippen molar-refractivity contribution < 1.29 is 4.43 Å². The Morgan fingerprint density at radius 2 is 1.59 bits per heavy atom. The molecule has 149 valence electrons. The zero-order valence-electron chi connectivity index (χ0n) is 18.9. The molecule has 0 bridgehead atoms. The molecular weight excluding hydrogens is 346 g/mol. The molecular formula is C24H38NOSi. The maximum atomic E-state index is 9.93. The van der Waals surface area contributed by atoms with E-state index >= 15 is 0 Å². The predicted molar refractivity (Wildman–Crippen MR) is 116 cm³/mol. The first kappa shape index (κ1) is 22.2. The molecule has 0 fully saturated rings. The van der Waals surface area contributed by atoms with Gasteiger partial charge in [-0.2, -0.15) is 5.26 Å². The summed E-state index contributed by atoms with van der Waals surface area (Å²) in [6.45, 7) is 20.5. The Kier molecular flexibility index (Phi) is 6.34. The average molecular weight is 385 g/mol. The van der Waals surface area contributed by atoms with Crippen molar-refractivity contribution >= 4 is 9.04 Å². The fourth-order valence-corrected chi connectivity index (χ4v) is 4.93. The first-order chi connectivity index (χ1) is 12.3. The SMILES string of the molecule is C[Si](C)OC(CCC(C)(C)C)c1cc2c(cc1C#N)C(C)(C)CCC2(C)C. The molecule has 2 rings (SSSR count). The highest BCUT2D eigenvalue weighted by molar-refractivity contribution is 6.48. The minimum atomic E-state index is -0.853. The third-order valence-electron chi connectivity index (χ3n) is 6.02. The van der Waals surface area contributed by atoms with Crippen LogP contribution in [0.5, 0.6) is 0 Å². The summed E-state index contributed by atoms with van der Waals surface area (Å²) >= 11 is 0. The van der Waals surface area contributed by atoms with Gasteiger partial charge < -0.3 is 4.43 Å². The molecule has 0 spiro atoms. The van der Waals surface area contributed by atoms with Crippen LogP contribution in [-0.4, -0.2) is 9.04 Å². The fourth-order valence-electron chi connectivity index (χ4n) is 4.12. The zero-order chi connectivity index (χ0) is 20.6. The second kappa shape index (κ2) is 7.72. The molecule has 0 amide bonds. The molecule has 0 aromatic heterocycles. The molecule has 0 aliphatic heterocycles. The van der Waals surface area contributed by atoms with Crippen LogP contribution in [0.4, 0.5) is 0 Å². The minimum Gasteiger partial charge on any atom is -0.410 e. The van der Waals surface area contributed by atoms with E-state index in [1.807, 2.05) is 0 Å². The maximum Gasteiger partial charge on any atom is 0.205 e. The minimum absolute atomic E-state index is 0.0221. The van der Waals surface area contributed by atoms with E-state index in [0.717, 1.165) is 30.4 Å². The number of fused-ring (bicyclic) bond motifs is 1. The Bertz CT molecular complexity index is 719. The lowest BCUT2D eigenvalue weighted by atomic mass is 9.62.